The zero-order valence-corrected chi connectivity index (χ0v) is 12.4. The van der Waals surface area contributed by atoms with Crippen molar-refractivity contribution in [2.24, 2.45) is 5.41 Å². The zero-order chi connectivity index (χ0) is 15.3. The predicted octanol–water partition coefficient (Wildman–Crippen LogP) is 2.55. The summed E-state index contributed by atoms with van der Waals surface area (Å²) in [5, 5.41) is 12.4. The van der Waals surface area contributed by atoms with E-state index in [0.717, 1.165) is 31.2 Å². The normalized spacial score (nSPS) is 17.8. The second kappa shape index (κ2) is 6.70. The van der Waals surface area contributed by atoms with Gasteiger partial charge in [0.1, 0.15) is 5.69 Å². The van der Waals surface area contributed by atoms with E-state index in [0.29, 0.717) is 18.5 Å². The van der Waals surface area contributed by atoms with Gasteiger partial charge in [0.25, 0.3) is 5.91 Å². The lowest BCUT2D eigenvalue weighted by Crippen LogP contribution is -2.43. The van der Waals surface area contributed by atoms with Gasteiger partial charge in [0.15, 0.2) is 0 Å². The van der Waals surface area contributed by atoms with Crippen molar-refractivity contribution in [3.05, 3.63) is 29.6 Å². The first-order valence-corrected chi connectivity index (χ1v) is 7.48. The van der Waals surface area contributed by atoms with Crippen LogP contribution in [0.15, 0.2) is 18.3 Å². The molecule has 0 aromatic carbocycles. The van der Waals surface area contributed by atoms with E-state index in [1.54, 1.807) is 12.3 Å². The maximum Gasteiger partial charge on any atom is 0.311 e. The summed E-state index contributed by atoms with van der Waals surface area (Å²) in [6, 6.07) is 3.59. The molecule has 1 aromatic heterocycles. The van der Waals surface area contributed by atoms with Gasteiger partial charge in [0, 0.05) is 12.7 Å². The van der Waals surface area contributed by atoms with E-state index in [2.05, 4.69) is 10.3 Å². The van der Waals surface area contributed by atoms with Crippen molar-refractivity contribution in [3.8, 4) is 0 Å². The monoisotopic (exact) mass is 290 g/mol. The zero-order valence-electron chi connectivity index (χ0n) is 12.4. The first kappa shape index (κ1) is 15.5. The molecule has 2 rings (SSSR count). The maximum absolute atomic E-state index is 12.2. The second-order valence-electron chi connectivity index (χ2n) is 5.85. The molecule has 21 heavy (non-hydrogen) atoms. The molecule has 1 fully saturated rings. The van der Waals surface area contributed by atoms with Crippen molar-refractivity contribution >= 4 is 11.9 Å². The summed E-state index contributed by atoms with van der Waals surface area (Å²) in [5.74, 6) is -1.10. The number of hydrogen-bond acceptors (Lipinski definition) is 3. The SMILES string of the molecule is Cc1cccnc1C(=O)NCC1(C(=O)O)CCCCCC1. The molecule has 0 bridgehead atoms. The Kier molecular flexibility index (Phi) is 4.94. The fourth-order valence-corrected chi connectivity index (χ4v) is 2.93. The molecule has 5 heteroatoms. The van der Waals surface area contributed by atoms with E-state index in [9.17, 15) is 14.7 Å². The Balaban J connectivity index is 2.07. The van der Waals surface area contributed by atoms with E-state index in [1.165, 1.54) is 0 Å². The average Bonchev–Trinajstić information content (AvgIpc) is 2.72. The fraction of sp³-hybridized carbons (Fsp3) is 0.562. The number of hydrogen-bond donors (Lipinski definition) is 2. The summed E-state index contributed by atoms with van der Waals surface area (Å²) >= 11 is 0. The highest BCUT2D eigenvalue weighted by Crippen LogP contribution is 2.34. The molecular formula is C16H22N2O3. The molecule has 0 unspecified atom stereocenters. The van der Waals surface area contributed by atoms with E-state index < -0.39 is 11.4 Å². The van der Waals surface area contributed by atoms with Crippen LogP contribution in [0.25, 0.3) is 0 Å². The third kappa shape index (κ3) is 3.60. The number of rotatable bonds is 4. The summed E-state index contributed by atoms with van der Waals surface area (Å²) < 4.78 is 0. The van der Waals surface area contributed by atoms with E-state index >= 15 is 0 Å². The molecule has 0 spiro atoms. The number of aromatic nitrogens is 1. The molecule has 1 aliphatic rings. The minimum atomic E-state index is -0.825. The Morgan fingerprint density at radius 2 is 1.95 bits per heavy atom. The van der Waals surface area contributed by atoms with Crippen LogP contribution in [0, 0.1) is 12.3 Å². The van der Waals surface area contributed by atoms with Crippen LogP contribution in [-0.2, 0) is 4.79 Å². The standard InChI is InChI=1S/C16H22N2O3/c1-12-7-6-10-17-13(12)14(19)18-11-16(15(20)21)8-4-2-3-5-9-16/h6-7,10H,2-5,8-9,11H2,1H3,(H,18,19)(H,20,21). The highest BCUT2D eigenvalue weighted by atomic mass is 16.4. The minimum Gasteiger partial charge on any atom is -0.481 e. The van der Waals surface area contributed by atoms with Gasteiger partial charge >= 0.3 is 5.97 Å². The highest BCUT2D eigenvalue weighted by Gasteiger charge is 2.39. The van der Waals surface area contributed by atoms with Crippen LogP contribution >= 0.6 is 0 Å². The number of aliphatic carboxylic acids is 1. The Hall–Kier alpha value is -1.91. The molecular weight excluding hydrogens is 268 g/mol. The number of nitrogens with one attached hydrogen (secondary N) is 1. The lowest BCUT2D eigenvalue weighted by atomic mass is 9.80. The summed E-state index contributed by atoms with van der Waals surface area (Å²) in [7, 11) is 0. The number of carboxylic acid groups (broad SMARTS) is 1. The first-order valence-electron chi connectivity index (χ1n) is 7.48. The van der Waals surface area contributed by atoms with Crippen molar-refractivity contribution in [1.82, 2.24) is 10.3 Å². The number of pyridine rings is 1. The van der Waals surface area contributed by atoms with Crippen LogP contribution in [0.3, 0.4) is 0 Å². The Bertz CT molecular complexity index is 520. The topological polar surface area (TPSA) is 79.3 Å². The van der Waals surface area contributed by atoms with Crippen LogP contribution in [0.5, 0.6) is 0 Å². The van der Waals surface area contributed by atoms with Crippen molar-refractivity contribution in [3.63, 3.8) is 0 Å². The van der Waals surface area contributed by atoms with Gasteiger partial charge in [-0.15, -0.1) is 0 Å². The minimum absolute atomic E-state index is 0.178. The van der Waals surface area contributed by atoms with Crippen LogP contribution in [0.4, 0.5) is 0 Å². The summed E-state index contributed by atoms with van der Waals surface area (Å²) in [4.78, 5) is 27.9. The van der Waals surface area contributed by atoms with Gasteiger partial charge in [-0.05, 0) is 31.4 Å². The van der Waals surface area contributed by atoms with Gasteiger partial charge in [-0.3, -0.25) is 14.6 Å². The number of amides is 1. The third-order valence-electron chi connectivity index (χ3n) is 4.33. The summed E-state index contributed by atoms with van der Waals surface area (Å²) in [5.41, 5.74) is 0.335. The Labute approximate surface area is 124 Å². The smallest absolute Gasteiger partial charge is 0.311 e. The lowest BCUT2D eigenvalue weighted by molar-refractivity contribution is -0.149. The second-order valence-corrected chi connectivity index (χ2v) is 5.85. The van der Waals surface area contributed by atoms with Crippen molar-refractivity contribution in [2.75, 3.05) is 6.54 Å². The Morgan fingerprint density at radius 3 is 2.52 bits per heavy atom. The molecule has 1 aromatic rings. The van der Waals surface area contributed by atoms with Gasteiger partial charge in [-0.25, -0.2) is 0 Å². The first-order chi connectivity index (χ1) is 10.1. The van der Waals surface area contributed by atoms with Gasteiger partial charge in [-0.2, -0.15) is 0 Å². The van der Waals surface area contributed by atoms with Crippen LogP contribution in [0.2, 0.25) is 0 Å². The molecule has 114 valence electrons. The van der Waals surface area contributed by atoms with Gasteiger partial charge < -0.3 is 10.4 Å². The maximum atomic E-state index is 12.2. The number of carboxylic acids is 1. The molecule has 0 saturated heterocycles. The molecule has 1 saturated carbocycles. The summed E-state index contributed by atoms with van der Waals surface area (Å²) in [6.07, 6.45) is 6.79. The predicted molar refractivity (Wildman–Crippen MR) is 79.1 cm³/mol. The molecule has 2 N–H and O–H groups in total. The van der Waals surface area contributed by atoms with Crippen LogP contribution in [-0.4, -0.2) is 28.5 Å². The van der Waals surface area contributed by atoms with Gasteiger partial charge in [-0.1, -0.05) is 31.7 Å². The van der Waals surface area contributed by atoms with E-state index in [-0.39, 0.29) is 12.5 Å². The van der Waals surface area contributed by atoms with Crippen molar-refractivity contribution in [2.45, 2.75) is 45.4 Å². The number of carbonyl (C=O) groups is 2. The quantitative estimate of drug-likeness (QED) is 0.835. The number of carbonyl (C=O) groups excluding carboxylic acids is 1. The average molecular weight is 290 g/mol. The van der Waals surface area contributed by atoms with Crippen molar-refractivity contribution < 1.29 is 14.7 Å². The lowest BCUT2D eigenvalue weighted by Gasteiger charge is -2.28. The largest absolute Gasteiger partial charge is 0.481 e. The molecule has 1 heterocycles. The molecule has 1 aliphatic carbocycles. The Morgan fingerprint density at radius 1 is 1.29 bits per heavy atom. The van der Waals surface area contributed by atoms with E-state index in [4.69, 9.17) is 0 Å². The van der Waals surface area contributed by atoms with Gasteiger partial charge in [0.2, 0.25) is 0 Å². The molecule has 0 aliphatic heterocycles. The van der Waals surface area contributed by atoms with Crippen LogP contribution in [0.1, 0.15) is 54.6 Å². The molecule has 5 nitrogen and oxygen atoms in total. The summed E-state index contributed by atoms with van der Waals surface area (Å²) in [6.45, 7) is 2.00. The number of nitrogens with zero attached hydrogens (tertiary/aromatic N) is 1. The van der Waals surface area contributed by atoms with Crippen molar-refractivity contribution in [1.29, 1.82) is 0 Å². The molecule has 0 atom stereocenters. The highest BCUT2D eigenvalue weighted by molar-refractivity contribution is 5.94. The third-order valence-corrected chi connectivity index (χ3v) is 4.33. The van der Waals surface area contributed by atoms with Gasteiger partial charge in [0.05, 0.1) is 5.41 Å². The van der Waals surface area contributed by atoms with Crippen LogP contribution < -0.4 is 5.32 Å². The molecule has 1 amide bonds. The fourth-order valence-electron chi connectivity index (χ4n) is 2.93. The number of aryl methyl sites for hydroxylation is 1. The molecule has 0 radical (unpaired) electrons. The van der Waals surface area contributed by atoms with E-state index in [1.807, 2.05) is 13.0 Å².